The molecule has 20 heavy (non-hydrogen) atoms. The van der Waals surface area contributed by atoms with E-state index in [4.69, 9.17) is 5.11 Å². The zero-order valence-electron chi connectivity index (χ0n) is 11.0. The van der Waals surface area contributed by atoms with Crippen LogP contribution in [0.3, 0.4) is 0 Å². The summed E-state index contributed by atoms with van der Waals surface area (Å²) in [6.45, 7) is -0.333. The van der Waals surface area contributed by atoms with Crippen LogP contribution >= 0.6 is 0 Å². The molecular weight excluding hydrogens is 258 g/mol. The third-order valence-corrected chi connectivity index (χ3v) is 3.18. The van der Waals surface area contributed by atoms with Gasteiger partial charge in [0.05, 0.1) is 6.54 Å². The van der Waals surface area contributed by atoms with Gasteiger partial charge >= 0.3 is 11.9 Å². The number of fused-ring (bicyclic) bond motifs is 1. The number of hydrogen-bond donors (Lipinski definition) is 2. The molecule has 0 aliphatic rings. The fourth-order valence-electron chi connectivity index (χ4n) is 2.35. The molecule has 2 aromatic carbocycles. The zero-order valence-corrected chi connectivity index (χ0v) is 11.0. The Labute approximate surface area is 116 Å². The molecule has 0 aliphatic carbocycles. The molecule has 0 radical (unpaired) electrons. The van der Waals surface area contributed by atoms with Crippen LogP contribution in [-0.4, -0.2) is 40.6 Å². The van der Waals surface area contributed by atoms with Gasteiger partial charge in [-0.15, -0.1) is 0 Å². The Morgan fingerprint density at radius 2 is 1.75 bits per heavy atom. The van der Waals surface area contributed by atoms with Crippen molar-refractivity contribution >= 4 is 22.7 Å². The van der Waals surface area contributed by atoms with E-state index in [1.807, 2.05) is 30.3 Å². The summed E-state index contributed by atoms with van der Waals surface area (Å²) >= 11 is 0. The second kappa shape index (κ2) is 5.71. The van der Waals surface area contributed by atoms with E-state index in [-0.39, 0.29) is 6.54 Å². The summed E-state index contributed by atoms with van der Waals surface area (Å²) in [5.74, 6) is -2.12. The second-order valence-corrected chi connectivity index (χ2v) is 4.62. The highest BCUT2D eigenvalue weighted by Crippen LogP contribution is 2.27. The summed E-state index contributed by atoms with van der Waals surface area (Å²) < 4.78 is 0. The predicted molar refractivity (Wildman–Crippen MR) is 74.6 cm³/mol. The molecule has 104 valence electrons. The number of rotatable bonds is 5. The normalized spacial score (nSPS) is 12.5. The first-order chi connectivity index (χ1) is 9.50. The van der Waals surface area contributed by atoms with Crippen LogP contribution in [0.1, 0.15) is 11.6 Å². The van der Waals surface area contributed by atoms with Crippen LogP contribution in [0.2, 0.25) is 0 Å². The number of carbonyl (C=O) groups is 2. The van der Waals surface area contributed by atoms with Crippen molar-refractivity contribution in [2.45, 2.75) is 6.04 Å². The second-order valence-electron chi connectivity index (χ2n) is 4.62. The summed E-state index contributed by atoms with van der Waals surface area (Å²) in [7, 11) is 1.49. The topological polar surface area (TPSA) is 77.8 Å². The van der Waals surface area contributed by atoms with Gasteiger partial charge in [-0.1, -0.05) is 42.5 Å². The van der Waals surface area contributed by atoms with Gasteiger partial charge in [0.25, 0.3) is 0 Å². The lowest BCUT2D eigenvalue weighted by atomic mass is 9.98. The van der Waals surface area contributed by atoms with E-state index < -0.39 is 18.0 Å². The van der Waals surface area contributed by atoms with E-state index in [1.54, 1.807) is 12.1 Å². The molecule has 1 unspecified atom stereocenters. The van der Waals surface area contributed by atoms with E-state index >= 15 is 0 Å². The summed E-state index contributed by atoms with van der Waals surface area (Å²) in [5, 5.41) is 20.0. The van der Waals surface area contributed by atoms with E-state index in [2.05, 4.69) is 0 Å². The minimum atomic E-state index is -1.06. The average Bonchev–Trinajstić information content (AvgIpc) is 2.38. The summed E-state index contributed by atoms with van der Waals surface area (Å²) in [6.07, 6.45) is 0. The molecule has 0 saturated heterocycles. The van der Waals surface area contributed by atoms with Crippen molar-refractivity contribution in [3.8, 4) is 0 Å². The first-order valence-electron chi connectivity index (χ1n) is 6.13. The van der Waals surface area contributed by atoms with Crippen LogP contribution in [0.15, 0.2) is 42.5 Å². The van der Waals surface area contributed by atoms with Crippen molar-refractivity contribution in [1.29, 1.82) is 0 Å². The Hall–Kier alpha value is -2.40. The summed E-state index contributed by atoms with van der Waals surface area (Å²) in [4.78, 5) is 23.6. The summed E-state index contributed by atoms with van der Waals surface area (Å²) in [6, 6.07) is 11.9. The van der Waals surface area contributed by atoms with Gasteiger partial charge in [-0.2, -0.15) is 0 Å². The number of carboxylic acids is 2. The van der Waals surface area contributed by atoms with Gasteiger partial charge < -0.3 is 10.2 Å². The van der Waals surface area contributed by atoms with E-state index in [1.165, 1.54) is 11.9 Å². The Morgan fingerprint density at radius 3 is 2.40 bits per heavy atom. The van der Waals surface area contributed by atoms with Crippen molar-refractivity contribution in [2.75, 3.05) is 13.6 Å². The highest BCUT2D eigenvalue weighted by atomic mass is 16.4. The van der Waals surface area contributed by atoms with Gasteiger partial charge in [0.15, 0.2) is 0 Å². The molecule has 2 aromatic rings. The van der Waals surface area contributed by atoms with E-state index in [0.29, 0.717) is 5.56 Å². The highest BCUT2D eigenvalue weighted by molar-refractivity contribution is 5.90. The van der Waals surface area contributed by atoms with Gasteiger partial charge in [-0.25, -0.2) is 0 Å². The van der Waals surface area contributed by atoms with Crippen LogP contribution < -0.4 is 0 Å². The van der Waals surface area contributed by atoms with Crippen LogP contribution in [0.5, 0.6) is 0 Å². The lowest BCUT2D eigenvalue weighted by Gasteiger charge is -2.24. The molecule has 0 amide bonds. The van der Waals surface area contributed by atoms with E-state index in [9.17, 15) is 14.7 Å². The maximum atomic E-state index is 11.5. The highest BCUT2D eigenvalue weighted by Gasteiger charge is 2.27. The number of carboxylic acid groups (broad SMARTS) is 2. The van der Waals surface area contributed by atoms with Crippen LogP contribution in [0, 0.1) is 0 Å². The molecule has 5 heteroatoms. The molecule has 2 N–H and O–H groups in total. The lowest BCUT2D eigenvalue weighted by molar-refractivity contribution is -0.145. The molecule has 0 aliphatic heterocycles. The quantitative estimate of drug-likeness (QED) is 0.871. The Bertz CT molecular complexity index is 648. The number of nitrogens with zero attached hydrogens (tertiary/aromatic N) is 1. The van der Waals surface area contributed by atoms with Gasteiger partial charge in [-0.3, -0.25) is 14.5 Å². The predicted octanol–water partition coefficient (Wildman–Crippen LogP) is 1.98. The third kappa shape index (κ3) is 2.78. The van der Waals surface area contributed by atoms with Crippen LogP contribution in [-0.2, 0) is 9.59 Å². The summed E-state index contributed by atoms with van der Waals surface area (Å²) in [5.41, 5.74) is 0.597. The molecule has 1 atom stereocenters. The molecule has 0 saturated carbocycles. The SMILES string of the molecule is CN(CC(=O)O)C(C(=O)O)c1cccc2ccccc12. The van der Waals surface area contributed by atoms with Gasteiger partial charge in [0.2, 0.25) is 0 Å². The van der Waals surface area contributed by atoms with Crippen molar-refractivity contribution < 1.29 is 19.8 Å². The largest absolute Gasteiger partial charge is 0.480 e. The average molecular weight is 273 g/mol. The maximum Gasteiger partial charge on any atom is 0.325 e. The Kier molecular flexibility index (Phi) is 4.00. The minimum absolute atomic E-state index is 0.333. The Balaban J connectivity index is 2.52. The van der Waals surface area contributed by atoms with Crippen molar-refractivity contribution in [3.63, 3.8) is 0 Å². The zero-order chi connectivity index (χ0) is 14.7. The number of aliphatic carboxylic acids is 2. The van der Waals surface area contributed by atoms with Crippen molar-refractivity contribution in [2.24, 2.45) is 0 Å². The van der Waals surface area contributed by atoms with Gasteiger partial charge in [0.1, 0.15) is 6.04 Å². The van der Waals surface area contributed by atoms with Gasteiger partial charge in [0, 0.05) is 0 Å². The first-order valence-corrected chi connectivity index (χ1v) is 6.13. The molecule has 0 bridgehead atoms. The number of likely N-dealkylation sites (N-methyl/N-ethyl adjacent to an activating group) is 1. The molecular formula is C15H15NO4. The standard InChI is InChI=1S/C15H15NO4/c1-16(9-13(17)18)14(15(19)20)12-8-4-6-10-5-2-3-7-11(10)12/h2-8,14H,9H2,1H3,(H,17,18)(H,19,20). The fraction of sp³-hybridized carbons (Fsp3) is 0.200. The molecule has 0 heterocycles. The van der Waals surface area contributed by atoms with Crippen LogP contribution in [0.25, 0.3) is 10.8 Å². The molecule has 0 aromatic heterocycles. The fourth-order valence-corrected chi connectivity index (χ4v) is 2.35. The molecule has 0 spiro atoms. The number of hydrogen-bond acceptors (Lipinski definition) is 3. The smallest absolute Gasteiger partial charge is 0.325 e. The van der Waals surface area contributed by atoms with Crippen LogP contribution in [0.4, 0.5) is 0 Å². The Morgan fingerprint density at radius 1 is 1.10 bits per heavy atom. The monoisotopic (exact) mass is 273 g/mol. The van der Waals surface area contributed by atoms with Crippen molar-refractivity contribution in [3.05, 3.63) is 48.0 Å². The number of benzene rings is 2. The van der Waals surface area contributed by atoms with Gasteiger partial charge in [-0.05, 0) is 23.4 Å². The minimum Gasteiger partial charge on any atom is -0.480 e. The third-order valence-electron chi connectivity index (χ3n) is 3.18. The molecule has 0 fully saturated rings. The molecule has 2 rings (SSSR count). The van der Waals surface area contributed by atoms with Crippen molar-refractivity contribution in [1.82, 2.24) is 4.90 Å². The first kappa shape index (κ1) is 14.0. The lowest BCUT2D eigenvalue weighted by Crippen LogP contribution is -2.34. The van der Waals surface area contributed by atoms with E-state index in [0.717, 1.165) is 10.8 Å². The molecule has 5 nitrogen and oxygen atoms in total. The maximum absolute atomic E-state index is 11.5.